The van der Waals surface area contributed by atoms with Crippen LogP contribution >= 0.6 is 0 Å². The van der Waals surface area contributed by atoms with Crippen LogP contribution in [0.15, 0.2) is 48.5 Å². The summed E-state index contributed by atoms with van der Waals surface area (Å²) in [5.41, 5.74) is 4.85. The highest BCUT2D eigenvalue weighted by molar-refractivity contribution is 5.83. The summed E-state index contributed by atoms with van der Waals surface area (Å²) in [5.74, 6) is 0.552. The molecule has 0 radical (unpaired) electrons. The number of hydrogen-bond acceptors (Lipinski definition) is 2. The van der Waals surface area contributed by atoms with E-state index in [1.54, 1.807) is 0 Å². The third-order valence-corrected chi connectivity index (χ3v) is 8.12. The Morgan fingerprint density at radius 3 is 1.42 bits per heavy atom. The summed E-state index contributed by atoms with van der Waals surface area (Å²) in [4.78, 5) is 30.4. The lowest BCUT2D eigenvalue weighted by atomic mass is 9.71. The second-order valence-electron chi connectivity index (χ2n) is 10.1. The Kier molecular flexibility index (Phi) is 6.52. The third-order valence-electron chi connectivity index (χ3n) is 8.12. The van der Waals surface area contributed by atoms with Crippen molar-refractivity contribution < 1.29 is 9.59 Å². The summed E-state index contributed by atoms with van der Waals surface area (Å²) in [6.07, 6.45) is 9.55. The van der Waals surface area contributed by atoms with Crippen LogP contribution in [0.1, 0.15) is 75.3 Å². The van der Waals surface area contributed by atoms with Gasteiger partial charge in [-0.15, -0.1) is 0 Å². The largest absolute Gasteiger partial charge is 0.343 e. The molecule has 2 heterocycles. The molecule has 0 atom stereocenters. The van der Waals surface area contributed by atoms with Gasteiger partial charge in [-0.2, -0.15) is 0 Å². The van der Waals surface area contributed by atoms with Crippen molar-refractivity contribution in [2.24, 2.45) is 0 Å². The molecule has 2 aromatic rings. The van der Waals surface area contributed by atoms with Crippen molar-refractivity contribution in [3.63, 3.8) is 0 Å². The maximum absolute atomic E-state index is 13.2. The molecular formula is C29H36N2O2. The lowest BCUT2D eigenvalue weighted by Crippen LogP contribution is -2.38. The topological polar surface area (TPSA) is 40.6 Å². The zero-order chi connectivity index (χ0) is 22.7. The van der Waals surface area contributed by atoms with Crippen molar-refractivity contribution in [2.75, 3.05) is 26.2 Å². The minimum atomic E-state index is -0.274. The van der Waals surface area contributed by atoms with Crippen LogP contribution in [0.5, 0.6) is 0 Å². The number of rotatable bonds is 6. The van der Waals surface area contributed by atoms with Crippen LogP contribution in [0.2, 0.25) is 0 Å². The number of benzene rings is 2. The Balaban J connectivity index is 1.43. The number of hydrogen-bond donors (Lipinski definition) is 0. The molecule has 0 saturated carbocycles. The molecule has 1 aliphatic carbocycles. The van der Waals surface area contributed by atoms with E-state index < -0.39 is 0 Å². The number of carbonyl (C=O) groups excluding carboxylic acids is 2. The number of likely N-dealkylation sites (tertiary alicyclic amines) is 2. The first-order chi connectivity index (χ1) is 16.2. The van der Waals surface area contributed by atoms with Gasteiger partial charge in [-0.3, -0.25) is 9.59 Å². The van der Waals surface area contributed by atoms with Gasteiger partial charge in [-0.05, 0) is 73.6 Å². The molecule has 2 aromatic carbocycles. The Hall–Kier alpha value is -2.62. The quantitative estimate of drug-likeness (QED) is 0.587. The van der Waals surface area contributed by atoms with E-state index in [2.05, 4.69) is 58.3 Å². The number of nitrogens with zero attached hydrogens (tertiary/aromatic N) is 2. The Bertz CT molecular complexity index is 921. The molecule has 4 nitrogen and oxygen atoms in total. The number of carbonyl (C=O) groups is 2. The van der Waals surface area contributed by atoms with Crippen LogP contribution in [-0.4, -0.2) is 47.8 Å². The van der Waals surface area contributed by atoms with Crippen molar-refractivity contribution in [1.82, 2.24) is 9.80 Å². The highest BCUT2D eigenvalue weighted by Crippen LogP contribution is 2.53. The van der Waals surface area contributed by atoms with E-state index in [1.165, 1.54) is 35.1 Å². The molecule has 3 aliphatic rings. The summed E-state index contributed by atoms with van der Waals surface area (Å²) >= 11 is 0. The summed E-state index contributed by atoms with van der Waals surface area (Å²) in [5, 5.41) is 0. The van der Waals surface area contributed by atoms with E-state index in [-0.39, 0.29) is 17.2 Å². The SMILES string of the molecule is O=C(CCC1(CCC(=O)N2CCCCC2)c2ccccc2-c2ccccc21)N1CCCCC1. The average Bonchev–Trinajstić information content (AvgIpc) is 3.17. The smallest absolute Gasteiger partial charge is 0.222 e. The summed E-state index contributed by atoms with van der Waals surface area (Å²) in [6.45, 7) is 3.58. The monoisotopic (exact) mass is 444 g/mol. The predicted octanol–water partition coefficient (Wildman–Crippen LogP) is 5.54. The van der Waals surface area contributed by atoms with E-state index >= 15 is 0 Å². The molecule has 0 spiro atoms. The number of amides is 2. The van der Waals surface area contributed by atoms with Crippen molar-refractivity contribution in [3.8, 4) is 11.1 Å². The van der Waals surface area contributed by atoms with E-state index in [0.29, 0.717) is 12.8 Å². The van der Waals surface area contributed by atoms with E-state index in [9.17, 15) is 9.59 Å². The number of fused-ring (bicyclic) bond motifs is 3. The van der Waals surface area contributed by atoms with Gasteiger partial charge in [-0.25, -0.2) is 0 Å². The zero-order valence-electron chi connectivity index (χ0n) is 19.7. The van der Waals surface area contributed by atoms with Crippen LogP contribution in [0.3, 0.4) is 0 Å². The Labute approximate surface area is 198 Å². The molecule has 33 heavy (non-hydrogen) atoms. The van der Waals surface area contributed by atoms with E-state index in [4.69, 9.17) is 0 Å². The highest BCUT2D eigenvalue weighted by Gasteiger charge is 2.43. The zero-order valence-corrected chi connectivity index (χ0v) is 19.7. The van der Waals surface area contributed by atoms with Gasteiger partial charge in [0.2, 0.25) is 11.8 Å². The second kappa shape index (κ2) is 9.70. The van der Waals surface area contributed by atoms with Gasteiger partial charge in [0.25, 0.3) is 0 Å². The molecule has 0 bridgehead atoms. The Morgan fingerprint density at radius 2 is 1.00 bits per heavy atom. The minimum Gasteiger partial charge on any atom is -0.343 e. The minimum absolute atomic E-state index is 0.274. The van der Waals surface area contributed by atoms with Crippen molar-refractivity contribution in [1.29, 1.82) is 0 Å². The molecule has 5 rings (SSSR count). The normalized spacial score (nSPS) is 19.2. The molecule has 174 valence electrons. The summed E-state index contributed by atoms with van der Waals surface area (Å²) < 4.78 is 0. The van der Waals surface area contributed by atoms with Crippen LogP contribution in [-0.2, 0) is 15.0 Å². The van der Waals surface area contributed by atoms with Crippen molar-refractivity contribution in [3.05, 3.63) is 59.7 Å². The fourth-order valence-corrected chi connectivity index (χ4v) is 6.32. The molecule has 0 N–H and O–H groups in total. The number of piperidine rings is 2. The predicted molar refractivity (Wildman–Crippen MR) is 132 cm³/mol. The molecule has 2 fully saturated rings. The maximum atomic E-state index is 13.2. The van der Waals surface area contributed by atoms with Gasteiger partial charge < -0.3 is 9.80 Å². The first-order valence-electron chi connectivity index (χ1n) is 12.9. The molecule has 2 saturated heterocycles. The second-order valence-corrected chi connectivity index (χ2v) is 10.1. The van der Waals surface area contributed by atoms with E-state index in [0.717, 1.165) is 64.7 Å². The van der Waals surface area contributed by atoms with Gasteiger partial charge in [0.05, 0.1) is 0 Å². The summed E-state index contributed by atoms with van der Waals surface area (Å²) in [7, 11) is 0. The van der Waals surface area contributed by atoms with Gasteiger partial charge in [-0.1, -0.05) is 48.5 Å². The molecule has 2 amide bonds. The molecule has 0 aromatic heterocycles. The van der Waals surface area contributed by atoms with Crippen LogP contribution in [0, 0.1) is 0 Å². The molecular weight excluding hydrogens is 408 g/mol. The molecule has 4 heteroatoms. The fraction of sp³-hybridized carbons (Fsp3) is 0.517. The summed E-state index contributed by atoms with van der Waals surface area (Å²) in [6, 6.07) is 17.3. The van der Waals surface area contributed by atoms with Gasteiger partial charge in [0, 0.05) is 44.4 Å². The van der Waals surface area contributed by atoms with Gasteiger partial charge in [0.15, 0.2) is 0 Å². The Morgan fingerprint density at radius 1 is 0.606 bits per heavy atom. The van der Waals surface area contributed by atoms with Gasteiger partial charge >= 0.3 is 0 Å². The van der Waals surface area contributed by atoms with Crippen LogP contribution in [0.25, 0.3) is 11.1 Å². The van der Waals surface area contributed by atoms with Crippen LogP contribution in [0.4, 0.5) is 0 Å². The van der Waals surface area contributed by atoms with Crippen LogP contribution < -0.4 is 0 Å². The standard InChI is InChI=1S/C29H36N2O2/c32-27(30-19-7-1-8-20-30)15-17-29(18-16-28(33)31-21-9-2-10-22-31)25-13-5-3-11-23(25)24-12-4-6-14-26(24)29/h3-6,11-14H,1-2,7-10,15-22H2. The average molecular weight is 445 g/mol. The maximum Gasteiger partial charge on any atom is 0.222 e. The first kappa shape index (κ1) is 22.2. The molecule has 2 aliphatic heterocycles. The molecule has 0 unspecified atom stereocenters. The lowest BCUT2D eigenvalue weighted by Gasteiger charge is -2.35. The lowest BCUT2D eigenvalue weighted by molar-refractivity contribution is -0.132. The van der Waals surface area contributed by atoms with E-state index in [1.807, 2.05) is 0 Å². The third kappa shape index (κ3) is 4.32. The first-order valence-corrected chi connectivity index (χ1v) is 12.9. The van der Waals surface area contributed by atoms with Gasteiger partial charge in [0.1, 0.15) is 0 Å². The van der Waals surface area contributed by atoms with Crippen molar-refractivity contribution >= 4 is 11.8 Å². The fourth-order valence-electron chi connectivity index (χ4n) is 6.32. The van der Waals surface area contributed by atoms with Crippen molar-refractivity contribution in [2.45, 2.75) is 69.6 Å². The highest BCUT2D eigenvalue weighted by atomic mass is 16.2.